The standard InChI is InChI=1S/C20H27N3O2S2/c1-2-25-16-4-3-5-17-19(16)21-20(27-17)23-8-6-15(7-9-23)14-18(24)22-10-12-26-13-11-22/h3-5,15H,2,6-14H2,1H3. The van der Waals surface area contributed by atoms with Gasteiger partial charge in [-0.05, 0) is 37.8 Å². The Labute approximate surface area is 169 Å². The van der Waals surface area contributed by atoms with Gasteiger partial charge in [0.05, 0.1) is 11.3 Å². The van der Waals surface area contributed by atoms with Crippen molar-refractivity contribution in [1.29, 1.82) is 0 Å². The summed E-state index contributed by atoms with van der Waals surface area (Å²) in [5, 5.41) is 1.08. The van der Waals surface area contributed by atoms with Crippen LogP contribution in [-0.2, 0) is 4.79 Å². The number of para-hydroxylation sites is 1. The van der Waals surface area contributed by atoms with Gasteiger partial charge in [-0.1, -0.05) is 17.4 Å². The van der Waals surface area contributed by atoms with Crippen molar-refractivity contribution in [1.82, 2.24) is 9.88 Å². The molecular formula is C20H27N3O2S2. The third kappa shape index (κ3) is 4.35. The Hall–Kier alpha value is -1.47. The monoisotopic (exact) mass is 405 g/mol. The van der Waals surface area contributed by atoms with Crippen LogP contribution in [0.15, 0.2) is 18.2 Å². The molecule has 27 heavy (non-hydrogen) atoms. The number of piperidine rings is 1. The molecule has 1 amide bonds. The topological polar surface area (TPSA) is 45.7 Å². The molecular weight excluding hydrogens is 378 g/mol. The number of carbonyl (C=O) groups is 1. The van der Waals surface area contributed by atoms with Gasteiger partial charge in [0.15, 0.2) is 5.13 Å². The summed E-state index contributed by atoms with van der Waals surface area (Å²) in [6, 6.07) is 6.14. The van der Waals surface area contributed by atoms with Crippen molar-refractivity contribution in [3.63, 3.8) is 0 Å². The molecule has 0 atom stereocenters. The number of hydrogen-bond donors (Lipinski definition) is 0. The lowest BCUT2D eigenvalue weighted by molar-refractivity contribution is -0.132. The minimum atomic E-state index is 0.357. The molecule has 7 heteroatoms. The molecule has 0 radical (unpaired) electrons. The van der Waals surface area contributed by atoms with E-state index in [1.165, 1.54) is 4.70 Å². The average Bonchev–Trinajstić information content (AvgIpc) is 3.15. The van der Waals surface area contributed by atoms with E-state index in [0.717, 1.165) is 66.9 Å². The maximum absolute atomic E-state index is 12.5. The quantitative estimate of drug-likeness (QED) is 0.755. The van der Waals surface area contributed by atoms with Crippen LogP contribution in [0, 0.1) is 5.92 Å². The van der Waals surface area contributed by atoms with E-state index in [9.17, 15) is 4.79 Å². The molecule has 2 aromatic rings. The number of aromatic nitrogens is 1. The first-order chi connectivity index (χ1) is 13.2. The second-order valence-corrected chi connectivity index (χ2v) is 9.39. The van der Waals surface area contributed by atoms with Crippen molar-refractivity contribution >= 4 is 44.4 Å². The van der Waals surface area contributed by atoms with Crippen LogP contribution in [0.4, 0.5) is 5.13 Å². The van der Waals surface area contributed by atoms with Crippen LogP contribution in [0.5, 0.6) is 5.75 Å². The van der Waals surface area contributed by atoms with Crippen LogP contribution in [0.1, 0.15) is 26.2 Å². The molecule has 0 bridgehead atoms. The van der Waals surface area contributed by atoms with E-state index in [4.69, 9.17) is 9.72 Å². The maximum Gasteiger partial charge on any atom is 0.222 e. The highest BCUT2D eigenvalue weighted by molar-refractivity contribution is 7.99. The van der Waals surface area contributed by atoms with Crippen molar-refractivity contribution in [2.75, 3.05) is 49.2 Å². The number of rotatable bonds is 5. The van der Waals surface area contributed by atoms with Gasteiger partial charge in [-0.2, -0.15) is 11.8 Å². The van der Waals surface area contributed by atoms with Gasteiger partial charge in [0, 0.05) is 44.1 Å². The number of fused-ring (bicyclic) bond motifs is 1. The van der Waals surface area contributed by atoms with Crippen molar-refractivity contribution in [3.8, 4) is 5.75 Å². The number of nitrogens with zero attached hydrogens (tertiary/aromatic N) is 3. The number of anilines is 1. The fraction of sp³-hybridized carbons (Fsp3) is 0.600. The molecule has 2 saturated heterocycles. The van der Waals surface area contributed by atoms with Crippen LogP contribution >= 0.6 is 23.1 Å². The Balaban J connectivity index is 1.35. The van der Waals surface area contributed by atoms with Crippen LogP contribution in [0.3, 0.4) is 0 Å². The Morgan fingerprint density at radius 3 is 2.74 bits per heavy atom. The van der Waals surface area contributed by atoms with Gasteiger partial charge in [-0.25, -0.2) is 4.98 Å². The molecule has 0 unspecified atom stereocenters. The molecule has 2 aliphatic heterocycles. The summed E-state index contributed by atoms with van der Waals surface area (Å²) in [7, 11) is 0. The molecule has 146 valence electrons. The van der Waals surface area contributed by atoms with Gasteiger partial charge < -0.3 is 14.5 Å². The van der Waals surface area contributed by atoms with Gasteiger partial charge in [-0.15, -0.1) is 0 Å². The summed E-state index contributed by atoms with van der Waals surface area (Å²) < 4.78 is 6.90. The second-order valence-electron chi connectivity index (χ2n) is 7.16. The molecule has 1 aromatic heterocycles. The zero-order valence-corrected chi connectivity index (χ0v) is 17.5. The maximum atomic E-state index is 12.5. The molecule has 0 aliphatic carbocycles. The Morgan fingerprint density at radius 2 is 2.00 bits per heavy atom. The highest BCUT2D eigenvalue weighted by Gasteiger charge is 2.26. The fourth-order valence-corrected chi connectivity index (χ4v) is 5.77. The second kappa shape index (κ2) is 8.69. The minimum Gasteiger partial charge on any atom is -0.492 e. The van der Waals surface area contributed by atoms with Crippen molar-refractivity contribution in [2.45, 2.75) is 26.2 Å². The van der Waals surface area contributed by atoms with Gasteiger partial charge >= 0.3 is 0 Å². The highest BCUT2D eigenvalue weighted by atomic mass is 32.2. The number of hydrogen-bond acceptors (Lipinski definition) is 6. The molecule has 1 aromatic carbocycles. The van der Waals surface area contributed by atoms with Crippen molar-refractivity contribution in [2.24, 2.45) is 5.92 Å². The number of amides is 1. The number of thiazole rings is 1. The number of thioether (sulfide) groups is 1. The van der Waals surface area contributed by atoms with Crippen LogP contribution in [0.2, 0.25) is 0 Å². The lowest BCUT2D eigenvalue weighted by Crippen LogP contribution is -2.40. The smallest absolute Gasteiger partial charge is 0.222 e. The summed E-state index contributed by atoms with van der Waals surface area (Å²) in [6.07, 6.45) is 2.86. The van der Waals surface area contributed by atoms with Gasteiger partial charge in [-0.3, -0.25) is 4.79 Å². The Kier molecular flexibility index (Phi) is 6.08. The fourth-order valence-electron chi connectivity index (χ4n) is 3.84. The van der Waals surface area contributed by atoms with E-state index in [2.05, 4.69) is 15.9 Å². The van der Waals surface area contributed by atoms with Crippen LogP contribution in [0.25, 0.3) is 10.2 Å². The van der Waals surface area contributed by atoms with E-state index in [1.54, 1.807) is 11.3 Å². The minimum absolute atomic E-state index is 0.357. The van der Waals surface area contributed by atoms with Crippen LogP contribution < -0.4 is 9.64 Å². The largest absolute Gasteiger partial charge is 0.492 e. The SMILES string of the molecule is CCOc1cccc2sc(N3CCC(CC(=O)N4CCSCC4)CC3)nc12. The van der Waals surface area contributed by atoms with Gasteiger partial charge in [0.2, 0.25) is 5.91 Å². The molecule has 0 spiro atoms. The normalized spacial score (nSPS) is 18.9. The third-order valence-corrected chi connectivity index (χ3v) is 7.41. The van der Waals surface area contributed by atoms with E-state index in [-0.39, 0.29) is 0 Å². The third-order valence-electron chi connectivity index (χ3n) is 5.38. The molecule has 2 fully saturated rings. The highest BCUT2D eigenvalue weighted by Crippen LogP contribution is 2.36. The Bertz CT molecular complexity index is 781. The first-order valence-corrected chi connectivity index (χ1v) is 11.8. The zero-order valence-electron chi connectivity index (χ0n) is 15.9. The molecule has 3 heterocycles. The van der Waals surface area contributed by atoms with Crippen molar-refractivity contribution in [3.05, 3.63) is 18.2 Å². The zero-order chi connectivity index (χ0) is 18.6. The summed E-state index contributed by atoms with van der Waals surface area (Å²) in [5.41, 5.74) is 0.972. The molecule has 5 nitrogen and oxygen atoms in total. The average molecular weight is 406 g/mol. The van der Waals surface area contributed by atoms with Gasteiger partial charge in [0.25, 0.3) is 0 Å². The lowest BCUT2D eigenvalue weighted by atomic mass is 9.93. The summed E-state index contributed by atoms with van der Waals surface area (Å²) in [5.74, 6) is 3.92. The van der Waals surface area contributed by atoms with Crippen molar-refractivity contribution < 1.29 is 9.53 Å². The molecule has 0 saturated carbocycles. The Morgan fingerprint density at radius 1 is 1.22 bits per heavy atom. The summed E-state index contributed by atoms with van der Waals surface area (Å²) in [4.78, 5) is 21.8. The lowest BCUT2D eigenvalue weighted by Gasteiger charge is -2.33. The van der Waals surface area contributed by atoms with E-state index in [1.807, 2.05) is 30.8 Å². The first kappa shape index (κ1) is 18.9. The molecule has 2 aliphatic rings. The predicted octanol–water partition coefficient (Wildman–Crippen LogP) is 3.88. The van der Waals surface area contributed by atoms with E-state index in [0.29, 0.717) is 24.9 Å². The molecule has 0 N–H and O–H groups in total. The van der Waals surface area contributed by atoms with E-state index < -0.39 is 0 Å². The number of benzene rings is 1. The number of ether oxygens (including phenoxy) is 1. The van der Waals surface area contributed by atoms with Crippen LogP contribution in [-0.4, -0.2) is 60.1 Å². The first-order valence-electron chi connectivity index (χ1n) is 9.87. The number of carbonyl (C=O) groups excluding carboxylic acids is 1. The summed E-state index contributed by atoms with van der Waals surface area (Å²) in [6.45, 7) is 6.48. The predicted molar refractivity (Wildman–Crippen MR) is 114 cm³/mol. The summed E-state index contributed by atoms with van der Waals surface area (Å²) >= 11 is 3.69. The van der Waals surface area contributed by atoms with E-state index >= 15 is 0 Å². The van der Waals surface area contributed by atoms with Gasteiger partial charge in [0.1, 0.15) is 11.3 Å². The molecule has 4 rings (SSSR count).